The third-order valence-corrected chi connectivity index (χ3v) is 2.72. The number of aromatic nitrogens is 2. The third-order valence-electron chi connectivity index (χ3n) is 2.72. The Balaban J connectivity index is 2.18. The zero-order valence-corrected chi connectivity index (χ0v) is 9.06. The maximum absolute atomic E-state index is 11.6. The molecule has 1 unspecified atom stereocenters. The fourth-order valence-corrected chi connectivity index (χ4v) is 1.99. The fraction of sp³-hybridized carbons (Fsp3) is 0.700. The number of carbonyl (C=O) groups is 1. The first-order valence-corrected chi connectivity index (χ1v) is 5.32. The SMILES string of the molecule is CCC(=O)N1CCCC1c1noc(C)n1. The van der Waals surface area contributed by atoms with Crippen LogP contribution in [0.2, 0.25) is 0 Å². The van der Waals surface area contributed by atoms with E-state index in [2.05, 4.69) is 10.1 Å². The van der Waals surface area contributed by atoms with Gasteiger partial charge in [-0.1, -0.05) is 12.1 Å². The zero-order valence-electron chi connectivity index (χ0n) is 9.06. The quantitative estimate of drug-likeness (QED) is 0.739. The summed E-state index contributed by atoms with van der Waals surface area (Å²) in [6.07, 6.45) is 2.49. The normalized spacial score (nSPS) is 20.9. The Morgan fingerprint density at radius 3 is 3.07 bits per heavy atom. The van der Waals surface area contributed by atoms with E-state index in [1.54, 1.807) is 6.92 Å². The number of hydrogen-bond acceptors (Lipinski definition) is 4. The summed E-state index contributed by atoms with van der Waals surface area (Å²) < 4.78 is 4.94. The molecule has 5 nitrogen and oxygen atoms in total. The Hall–Kier alpha value is -1.39. The van der Waals surface area contributed by atoms with E-state index < -0.39 is 0 Å². The second kappa shape index (κ2) is 4.00. The van der Waals surface area contributed by atoms with Crippen LogP contribution < -0.4 is 0 Å². The van der Waals surface area contributed by atoms with Gasteiger partial charge in [-0.05, 0) is 12.8 Å². The highest BCUT2D eigenvalue weighted by atomic mass is 16.5. The van der Waals surface area contributed by atoms with E-state index in [1.807, 2.05) is 11.8 Å². The number of nitrogens with zero attached hydrogens (tertiary/aromatic N) is 3. The third kappa shape index (κ3) is 1.86. The lowest BCUT2D eigenvalue weighted by Crippen LogP contribution is -2.30. The molecule has 2 rings (SSSR count). The minimum Gasteiger partial charge on any atom is -0.340 e. The van der Waals surface area contributed by atoms with Crippen LogP contribution in [0.4, 0.5) is 0 Å². The second-order valence-corrected chi connectivity index (χ2v) is 3.77. The smallest absolute Gasteiger partial charge is 0.223 e. The van der Waals surface area contributed by atoms with E-state index in [1.165, 1.54) is 0 Å². The molecule has 1 atom stereocenters. The van der Waals surface area contributed by atoms with Gasteiger partial charge < -0.3 is 9.42 Å². The highest BCUT2D eigenvalue weighted by molar-refractivity contribution is 5.76. The average Bonchev–Trinajstić information content (AvgIpc) is 2.84. The number of likely N-dealkylation sites (tertiary alicyclic amines) is 1. The molecular formula is C10H15N3O2. The lowest BCUT2D eigenvalue weighted by molar-refractivity contribution is -0.131. The predicted molar refractivity (Wildman–Crippen MR) is 53.0 cm³/mol. The summed E-state index contributed by atoms with van der Waals surface area (Å²) in [5, 5.41) is 3.88. The van der Waals surface area contributed by atoms with Gasteiger partial charge in [0.2, 0.25) is 11.8 Å². The Bertz CT molecular complexity index is 361. The molecule has 1 aliphatic heterocycles. The highest BCUT2D eigenvalue weighted by Gasteiger charge is 2.32. The molecule has 1 aliphatic rings. The van der Waals surface area contributed by atoms with Crippen molar-refractivity contribution in [2.45, 2.75) is 39.2 Å². The Morgan fingerprint density at radius 2 is 2.47 bits per heavy atom. The van der Waals surface area contributed by atoms with Gasteiger partial charge in [0.1, 0.15) is 0 Å². The van der Waals surface area contributed by atoms with Gasteiger partial charge >= 0.3 is 0 Å². The van der Waals surface area contributed by atoms with Crippen LogP contribution in [0.25, 0.3) is 0 Å². The number of amides is 1. The number of hydrogen-bond donors (Lipinski definition) is 0. The molecular weight excluding hydrogens is 194 g/mol. The Kier molecular flexibility index (Phi) is 2.70. The number of rotatable bonds is 2. The van der Waals surface area contributed by atoms with E-state index in [4.69, 9.17) is 4.52 Å². The van der Waals surface area contributed by atoms with Crippen LogP contribution in [0.3, 0.4) is 0 Å². The van der Waals surface area contributed by atoms with Gasteiger partial charge in [0.05, 0.1) is 6.04 Å². The van der Waals surface area contributed by atoms with E-state index in [0.717, 1.165) is 19.4 Å². The summed E-state index contributed by atoms with van der Waals surface area (Å²) in [7, 11) is 0. The molecule has 0 spiro atoms. The molecule has 15 heavy (non-hydrogen) atoms. The van der Waals surface area contributed by atoms with Crippen LogP contribution in [0.5, 0.6) is 0 Å². The van der Waals surface area contributed by atoms with Crippen molar-refractivity contribution in [2.24, 2.45) is 0 Å². The van der Waals surface area contributed by atoms with Crippen LogP contribution in [0, 0.1) is 6.92 Å². The highest BCUT2D eigenvalue weighted by Crippen LogP contribution is 2.30. The topological polar surface area (TPSA) is 59.2 Å². The summed E-state index contributed by atoms with van der Waals surface area (Å²) in [5.74, 6) is 1.37. The minimum atomic E-state index is 0.0231. The van der Waals surface area contributed by atoms with Crippen molar-refractivity contribution in [3.8, 4) is 0 Å². The molecule has 5 heteroatoms. The maximum Gasteiger partial charge on any atom is 0.223 e. The molecule has 0 N–H and O–H groups in total. The number of carbonyl (C=O) groups excluding carboxylic acids is 1. The molecule has 1 aromatic heterocycles. The van der Waals surface area contributed by atoms with Crippen molar-refractivity contribution in [1.29, 1.82) is 0 Å². The lowest BCUT2D eigenvalue weighted by Gasteiger charge is -2.21. The predicted octanol–water partition coefficient (Wildman–Crippen LogP) is 1.45. The standard InChI is InChI=1S/C10H15N3O2/c1-3-9(14)13-6-4-5-8(13)10-11-7(2)15-12-10/h8H,3-6H2,1-2H3. The molecule has 1 aromatic rings. The molecule has 0 bridgehead atoms. The van der Waals surface area contributed by atoms with Crippen LogP contribution in [0.1, 0.15) is 43.9 Å². The van der Waals surface area contributed by atoms with Crippen LogP contribution >= 0.6 is 0 Å². The molecule has 1 saturated heterocycles. The molecule has 0 aromatic carbocycles. The van der Waals surface area contributed by atoms with Crippen molar-refractivity contribution in [2.75, 3.05) is 6.54 Å². The van der Waals surface area contributed by atoms with E-state index in [0.29, 0.717) is 18.1 Å². The van der Waals surface area contributed by atoms with Crippen molar-refractivity contribution >= 4 is 5.91 Å². The number of aryl methyl sites for hydroxylation is 1. The first-order chi connectivity index (χ1) is 7.22. The first-order valence-electron chi connectivity index (χ1n) is 5.32. The van der Waals surface area contributed by atoms with Gasteiger partial charge in [0.15, 0.2) is 5.82 Å². The minimum absolute atomic E-state index is 0.0231. The van der Waals surface area contributed by atoms with Crippen molar-refractivity contribution < 1.29 is 9.32 Å². The molecule has 0 aliphatic carbocycles. The second-order valence-electron chi connectivity index (χ2n) is 3.77. The summed E-state index contributed by atoms with van der Waals surface area (Å²) >= 11 is 0. The fourth-order valence-electron chi connectivity index (χ4n) is 1.99. The molecule has 82 valence electrons. The largest absolute Gasteiger partial charge is 0.340 e. The van der Waals surface area contributed by atoms with E-state index >= 15 is 0 Å². The monoisotopic (exact) mass is 209 g/mol. The van der Waals surface area contributed by atoms with Gasteiger partial charge in [0.25, 0.3) is 0 Å². The van der Waals surface area contributed by atoms with Crippen LogP contribution in [0.15, 0.2) is 4.52 Å². The zero-order chi connectivity index (χ0) is 10.8. The average molecular weight is 209 g/mol. The lowest BCUT2D eigenvalue weighted by atomic mass is 10.2. The molecule has 0 radical (unpaired) electrons. The van der Waals surface area contributed by atoms with Gasteiger partial charge in [-0.25, -0.2) is 0 Å². The Morgan fingerprint density at radius 1 is 1.67 bits per heavy atom. The van der Waals surface area contributed by atoms with E-state index in [-0.39, 0.29) is 11.9 Å². The summed E-state index contributed by atoms with van der Waals surface area (Å²) in [6.45, 7) is 4.45. The molecule has 2 heterocycles. The molecule has 0 saturated carbocycles. The van der Waals surface area contributed by atoms with Gasteiger partial charge in [0, 0.05) is 19.9 Å². The van der Waals surface area contributed by atoms with Gasteiger partial charge in [-0.3, -0.25) is 4.79 Å². The summed E-state index contributed by atoms with van der Waals surface area (Å²) in [5.41, 5.74) is 0. The maximum atomic E-state index is 11.6. The van der Waals surface area contributed by atoms with E-state index in [9.17, 15) is 4.79 Å². The Labute approximate surface area is 88.5 Å². The van der Waals surface area contributed by atoms with Crippen LogP contribution in [-0.2, 0) is 4.79 Å². The van der Waals surface area contributed by atoms with Crippen molar-refractivity contribution in [1.82, 2.24) is 15.0 Å². The van der Waals surface area contributed by atoms with Gasteiger partial charge in [-0.15, -0.1) is 0 Å². The summed E-state index contributed by atoms with van der Waals surface area (Å²) in [4.78, 5) is 17.7. The molecule has 1 amide bonds. The van der Waals surface area contributed by atoms with Crippen molar-refractivity contribution in [3.05, 3.63) is 11.7 Å². The van der Waals surface area contributed by atoms with Crippen molar-refractivity contribution in [3.63, 3.8) is 0 Å². The molecule has 1 fully saturated rings. The van der Waals surface area contributed by atoms with Gasteiger partial charge in [-0.2, -0.15) is 4.98 Å². The first kappa shape index (κ1) is 10.1. The summed E-state index contributed by atoms with van der Waals surface area (Å²) in [6, 6.07) is 0.0231. The van der Waals surface area contributed by atoms with Crippen LogP contribution in [-0.4, -0.2) is 27.5 Å².